The quantitative estimate of drug-likeness (QED) is 0.401. The summed E-state index contributed by atoms with van der Waals surface area (Å²) in [5.74, 6) is 0.688. The first-order valence-corrected chi connectivity index (χ1v) is 11.4. The molecule has 0 saturated carbocycles. The fraction of sp³-hybridized carbons (Fsp3) is 0.360. The van der Waals surface area contributed by atoms with Gasteiger partial charge in [-0.05, 0) is 44.5 Å². The van der Waals surface area contributed by atoms with Gasteiger partial charge in [0.25, 0.3) is 0 Å². The smallest absolute Gasteiger partial charge is 0.324 e. The molecule has 0 aliphatic carbocycles. The van der Waals surface area contributed by atoms with Gasteiger partial charge in [-0.1, -0.05) is 23.4 Å². The SMILES string of the molecule is CC(=O)c1cn(CCCN2CCN(c3nc(-c4cccnc4)no3)CC2)c2c(C)cccc12. The minimum atomic E-state index is 0.119. The lowest BCUT2D eigenvalue weighted by atomic mass is 10.1. The number of hydrogen-bond acceptors (Lipinski definition) is 7. The predicted octanol–water partition coefficient (Wildman–Crippen LogP) is 3.81. The Kier molecular flexibility index (Phi) is 5.92. The van der Waals surface area contributed by atoms with E-state index in [0.717, 1.165) is 62.2 Å². The number of carbonyl (C=O) groups excluding carboxylic acids is 1. The van der Waals surface area contributed by atoms with Gasteiger partial charge in [-0.3, -0.25) is 14.7 Å². The summed E-state index contributed by atoms with van der Waals surface area (Å²) < 4.78 is 7.74. The highest BCUT2D eigenvalue weighted by Crippen LogP contribution is 2.25. The van der Waals surface area contributed by atoms with Crippen molar-refractivity contribution in [2.24, 2.45) is 0 Å². The van der Waals surface area contributed by atoms with E-state index in [1.165, 1.54) is 11.1 Å². The fourth-order valence-electron chi connectivity index (χ4n) is 4.59. The lowest BCUT2D eigenvalue weighted by Gasteiger charge is -2.33. The Labute approximate surface area is 192 Å². The average Bonchev–Trinajstić information content (AvgIpc) is 3.47. The average molecular weight is 445 g/mol. The van der Waals surface area contributed by atoms with Crippen LogP contribution in [0, 0.1) is 6.92 Å². The Balaban J connectivity index is 1.16. The predicted molar refractivity (Wildman–Crippen MR) is 127 cm³/mol. The van der Waals surface area contributed by atoms with Crippen molar-refractivity contribution >= 4 is 22.7 Å². The number of piperazine rings is 1. The fourth-order valence-corrected chi connectivity index (χ4v) is 4.59. The van der Waals surface area contributed by atoms with E-state index in [9.17, 15) is 4.79 Å². The van der Waals surface area contributed by atoms with Gasteiger partial charge in [-0.15, -0.1) is 0 Å². The van der Waals surface area contributed by atoms with Gasteiger partial charge in [0.1, 0.15) is 0 Å². The van der Waals surface area contributed by atoms with Crippen molar-refractivity contribution in [3.63, 3.8) is 0 Å². The first-order chi connectivity index (χ1) is 16.1. The molecule has 1 aromatic carbocycles. The summed E-state index contributed by atoms with van der Waals surface area (Å²) in [6.07, 6.45) is 6.52. The second-order valence-electron chi connectivity index (χ2n) is 8.59. The molecule has 0 unspecified atom stereocenters. The molecule has 0 N–H and O–H groups in total. The van der Waals surface area contributed by atoms with E-state index >= 15 is 0 Å². The molecule has 8 heteroatoms. The van der Waals surface area contributed by atoms with Crippen LogP contribution in [-0.2, 0) is 6.54 Å². The number of carbonyl (C=O) groups is 1. The van der Waals surface area contributed by atoms with E-state index < -0.39 is 0 Å². The Morgan fingerprint density at radius 1 is 1.09 bits per heavy atom. The highest BCUT2D eigenvalue weighted by molar-refractivity contribution is 6.07. The van der Waals surface area contributed by atoms with E-state index in [-0.39, 0.29) is 5.78 Å². The van der Waals surface area contributed by atoms with Gasteiger partial charge in [0.2, 0.25) is 5.82 Å². The van der Waals surface area contributed by atoms with Crippen molar-refractivity contribution < 1.29 is 9.32 Å². The van der Waals surface area contributed by atoms with Crippen LogP contribution in [0.3, 0.4) is 0 Å². The Morgan fingerprint density at radius 2 is 1.94 bits per heavy atom. The molecule has 1 fully saturated rings. The van der Waals surface area contributed by atoms with E-state index in [4.69, 9.17) is 4.52 Å². The molecule has 33 heavy (non-hydrogen) atoms. The number of benzene rings is 1. The maximum absolute atomic E-state index is 12.1. The van der Waals surface area contributed by atoms with Crippen molar-refractivity contribution in [3.05, 3.63) is 60.0 Å². The van der Waals surface area contributed by atoms with Crippen LogP contribution < -0.4 is 4.90 Å². The highest BCUT2D eigenvalue weighted by Gasteiger charge is 2.22. The zero-order valence-electron chi connectivity index (χ0n) is 19.1. The number of para-hydroxylation sites is 1. The van der Waals surface area contributed by atoms with Crippen LogP contribution >= 0.6 is 0 Å². The third-order valence-electron chi connectivity index (χ3n) is 6.33. The van der Waals surface area contributed by atoms with Crippen LogP contribution in [0.15, 0.2) is 53.4 Å². The summed E-state index contributed by atoms with van der Waals surface area (Å²) in [6.45, 7) is 9.28. The Morgan fingerprint density at radius 3 is 2.70 bits per heavy atom. The number of hydrogen-bond donors (Lipinski definition) is 0. The third-order valence-corrected chi connectivity index (χ3v) is 6.33. The Bertz CT molecular complexity index is 1250. The van der Waals surface area contributed by atoms with Crippen molar-refractivity contribution in [1.29, 1.82) is 0 Å². The molecule has 8 nitrogen and oxygen atoms in total. The van der Waals surface area contributed by atoms with E-state index in [2.05, 4.69) is 42.5 Å². The lowest BCUT2D eigenvalue weighted by molar-refractivity contribution is 0.101. The van der Waals surface area contributed by atoms with Gasteiger partial charge in [0, 0.05) is 67.8 Å². The lowest BCUT2D eigenvalue weighted by Crippen LogP contribution is -2.46. The van der Waals surface area contributed by atoms with Crippen LogP contribution in [-0.4, -0.2) is 63.1 Å². The summed E-state index contributed by atoms with van der Waals surface area (Å²) in [7, 11) is 0. The van der Waals surface area contributed by atoms with Gasteiger partial charge in [0.15, 0.2) is 5.78 Å². The van der Waals surface area contributed by atoms with Crippen LogP contribution in [0.4, 0.5) is 6.01 Å². The zero-order valence-corrected chi connectivity index (χ0v) is 19.1. The summed E-state index contributed by atoms with van der Waals surface area (Å²) in [5.41, 5.74) is 4.05. The largest absolute Gasteiger partial charge is 0.346 e. The van der Waals surface area contributed by atoms with Crippen LogP contribution in [0.5, 0.6) is 0 Å². The molecule has 0 amide bonds. The molecular formula is C25H28N6O2. The molecule has 0 radical (unpaired) electrons. The number of aryl methyl sites for hydroxylation is 2. The number of nitrogens with zero attached hydrogens (tertiary/aromatic N) is 6. The highest BCUT2D eigenvalue weighted by atomic mass is 16.5. The summed E-state index contributed by atoms with van der Waals surface area (Å²) in [6, 6.07) is 10.5. The first kappa shape index (κ1) is 21.3. The molecule has 0 atom stereocenters. The molecule has 1 aliphatic heterocycles. The topological polar surface area (TPSA) is 80.3 Å². The normalized spacial score (nSPS) is 14.8. The molecule has 4 heterocycles. The monoisotopic (exact) mass is 444 g/mol. The molecule has 0 spiro atoms. The second kappa shape index (κ2) is 9.15. The van der Waals surface area contributed by atoms with Crippen molar-refractivity contribution in [1.82, 2.24) is 24.6 Å². The molecular weight excluding hydrogens is 416 g/mol. The van der Waals surface area contributed by atoms with Crippen LogP contribution in [0.1, 0.15) is 29.3 Å². The number of aromatic nitrogens is 4. The Hall–Kier alpha value is -3.52. The van der Waals surface area contributed by atoms with Gasteiger partial charge in [-0.2, -0.15) is 4.98 Å². The molecule has 3 aromatic heterocycles. The van der Waals surface area contributed by atoms with Gasteiger partial charge >= 0.3 is 6.01 Å². The minimum Gasteiger partial charge on any atom is -0.346 e. The van der Waals surface area contributed by atoms with Crippen LogP contribution in [0.2, 0.25) is 0 Å². The van der Waals surface area contributed by atoms with E-state index in [1.807, 2.05) is 30.5 Å². The zero-order chi connectivity index (χ0) is 22.8. The van der Waals surface area contributed by atoms with Gasteiger partial charge < -0.3 is 14.0 Å². The molecule has 170 valence electrons. The second-order valence-corrected chi connectivity index (χ2v) is 8.59. The number of Topliss-reactive ketones (excluding diaryl/α,β-unsaturated/α-hetero) is 1. The standard InChI is InChI=1S/C25H28N6O2/c1-18-6-3-8-21-22(19(2)32)17-31(23(18)21)11-5-10-29-12-14-30(15-13-29)25-27-24(28-33-25)20-7-4-9-26-16-20/h3-4,6-9,16-17H,5,10-15H2,1-2H3. The molecule has 1 aliphatic rings. The van der Waals surface area contributed by atoms with Gasteiger partial charge in [0.05, 0.1) is 5.52 Å². The number of rotatable bonds is 7. The van der Waals surface area contributed by atoms with Gasteiger partial charge in [-0.25, -0.2) is 0 Å². The molecule has 1 saturated heterocycles. The third kappa shape index (κ3) is 4.39. The number of ketones is 1. The maximum atomic E-state index is 12.1. The van der Waals surface area contributed by atoms with E-state index in [0.29, 0.717) is 11.8 Å². The molecule has 4 aromatic rings. The van der Waals surface area contributed by atoms with Crippen molar-refractivity contribution in [2.45, 2.75) is 26.8 Å². The number of pyridine rings is 1. The van der Waals surface area contributed by atoms with E-state index in [1.54, 1.807) is 19.3 Å². The summed E-state index contributed by atoms with van der Waals surface area (Å²) in [4.78, 5) is 25.4. The maximum Gasteiger partial charge on any atom is 0.324 e. The molecule has 0 bridgehead atoms. The summed E-state index contributed by atoms with van der Waals surface area (Å²) >= 11 is 0. The van der Waals surface area contributed by atoms with Crippen molar-refractivity contribution in [3.8, 4) is 11.4 Å². The minimum absolute atomic E-state index is 0.119. The number of fused-ring (bicyclic) bond motifs is 1. The first-order valence-electron chi connectivity index (χ1n) is 11.4. The van der Waals surface area contributed by atoms with Crippen LogP contribution in [0.25, 0.3) is 22.3 Å². The number of anilines is 1. The molecule has 5 rings (SSSR count). The summed E-state index contributed by atoms with van der Waals surface area (Å²) in [5, 5.41) is 5.16. The van der Waals surface area contributed by atoms with Crippen molar-refractivity contribution in [2.75, 3.05) is 37.6 Å².